The van der Waals surface area contributed by atoms with Crippen molar-refractivity contribution >= 4 is 40.4 Å². The molecule has 0 bridgehead atoms. The number of hydrogen-bond donors (Lipinski definition) is 1. The molecule has 10 heteroatoms. The first-order valence-corrected chi connectivity index (χ1v) is 11.5. The fourth-order valence-electron chi connectivity index (χ4n) is 3.10. The summed E-state index contributed by atoms with van der Waals surface area (Å²) in [5.74, 6) is 0.921. The lowest BCUT2D eigenvalue weighted by atomic mass is 10.2. The maximum absolute atomic E-state index is 12.5. The molecular weight excluding hydrogens is 473 g/mol. The Hall–Kier alpha value is -2.36. The van der Waals surface area contributed by atoms with Gasteiger partial charge in [0, 0.05) is 24.0 Å². The van der Waals surface area contributed by atoms with E-state index in [4.69, 9.17) is 37.4 Å². The molecule has 0 radical (unpaired) electrons. The van der Waals surface area contributed by atoms with E-state index in [1.54, 1.807) is 24.6 Å². The number of thiazole rings is 1. The van der Waals surface area contributed by atoms with Crippen LogP contribution in [0.3, 0.4) is 0 Å². The number of hydrogen-bond acceptors (Lipinski definition) is 7. The summed E-state index contributed by atoms with van der Waals surface area (Å²) in [4.78, 5) is 17.0. The number of methoxy groups -OCH3 is 1. The Balaban J connectivity index is 1.44. The quantitative estimate of drug-likeness (QED) is 0.514. The van der Waals surface area contributed by atoms with E-state index >= 15 is 0 Å². The molecule has 1 aliphatic heterocycles. The predicted molar refractivity (Wildman–Crippen MR) is 125 cm³/mol. The van der Waals surface area contributed by atoms with Gasteiger partial charge < -0.3 is 14.2 Å². The van der Waals surface area contributed by atoms with Crippen LogP contribution in [0.25, 0.3) is 10.6 Å². The van der Waals surface area contributed by atoms with Crippen molar-refractivity contribution in [1.29, 1.82) is 0 Å². The Bertz CT molecular complexity index is 1100. The molecule has 0 unspecified atom stereocenters. The van der Waals surface area contributed by atoms with E-state index in [1.807, 2.05) is 29.3 Å². The molecule has 3 aromatic rings. The second kappa shape index (κ2) is 10.5. The molecule has 0 aliphatic carbocycles. The second-order valence-corrected chi connectivity index (χ2v) is 8.65. The number of rotatable bonds is 7. The van der Waals surface area contributed by atoms with Crippen molar-refractivity contribution in [3.63, 3.8) is 0 Å². The van der Waals surface area contributed by atoms with Gasteiger partial charge in [0.25, 0.3) is 5.91 Å². The summed E-state index contributed by atoms with van der Waals surface area (Å²) in [6.45, 7) is 2.83. The number of benzene rings is 2. The molecule has 2 aromatic carbocycles. The van der Waals surface area contributed by atoms with Crippen molar-refractivity contribution in [2.45, 2.75) is 6.61 Å². The number of aromatic nitrogens is 1. The van der Waals surface area contributed by atoms with Gasteiger partial charge in [0.2, 0.25) is 0 Å². The molecule has 1 N–H and O–H groups in total. The van der Waals surface area contributed by atoms with Gasteiger partial charge in [-0.1, -0.05) is 29.3 Å². The van der Waals surface area contributed by atoms with Crippen molar-refractivity contribution in [3.8, 4) is 22.1 Å². The van der Waals surface area contributed by atoms with Crippen molar-refractivity contribution in [1.82, 2.24) is 15.4 Å². The second-order valence-electron chi connectivity index (χ2n) is 6.98. The molecule has 0 saturated carbocycles. The number of ether oxygens (including phenoxy) is 3. The Morgan fingerprint density at radius 1 is 1.16 bits per heavy atom. The predicted octanol–water partition coefficient (Wildman–Crippen LogP) is 4.68. The summed E-state index contributed by atoms with van der Waals surface area (Å²) in [5, 5.41) is 5.28. The Kier molecular flexibility index (Phi) is 7.49. The summed E-state index contributed by atoms with van der Waals surface area (Å²) in [6, 6.07) is 10.9. The lowest BCUT2D eigenvalue weighted by Crippen LogP contribution is -2.48. The van der Waals surface area contributed by atoms with E-state index in [0.717, 1.165) is 11.1 Å². The maximum atomic E-state index is 12.5. The molecule has 1 aliphatic rings. The minimum absolute atomic E-state index is 0.233. The lowest BCUT2D eigenvalue weighted by Gasteiger charge is -2.26. The van der Waals surface area contributed by atoms with Crippen LogP contribution in [0.4, 0.5) is 0 Å². The maximum Gasteiger partial charge on any atom is 0.285 e. The number of morpholine rings is 1. The smallest absolute Gasteiger partial charge is 0.285 e. The number of carbonyl (C=O) groups excluding carboxylic acids is 1. The normalized spacial score (nSPS) is 14.2. The van der Waals surface area contributed by atoms with Crippen LogP contribution in [0.2, 0.25) is 10.0 Å². The van der Waals surface area contributed by atoms with Gasteiger partial charge in [-0.15, -0.1) is 11.3 Å². The number of carbonyl (C=O) groups is 1. The molecule has 4 rings (SSSR count). The minimum atomic E-state index is -0.233. The van der Waals surface area contributed by atoms with E-state index in [-0.39, 0.29) is 5.91 Å². The van der Waals surface area contributed by atoms with Gasteiger partial charge in [-0.2, -0.15) is 0 Å². The molecular formula is C22H21Cl2N3O4S. The van der Waals surface area contributed by atoms with Crippen LogP contribution in [-0.2, 0) is 11.3 Å². The largest absolute Gasteiger partial charge is 0.493 e. The third-order valence-corrected chi connectivity index (χ3v) is 6.43. The van der Waals surface area contributed by atoms with Crippen LogP contribution in [0, 0.1) is 0 Å². The average Bonchev–Trinajstić information content (AvgIpc) is 3.31. The van der Waals surface area contributed by atoms with Crippen molar-refractivity contribution in [2.75, 3.05) is 33.4 Å². The van der Waals surface area contributed by atoms with Crippen LogP contribution in [0.15, 0.2) is 41.8 Å². The summed E-state index contributed by atoms with van der Waals surface area (Å²) < 4.78 is 16.7. The van der Waals surface area contributed by atoms with Crippen LogP contribution >= 0.6 is 34.5 Å². The molecule has 2 heterocycles. The third kappa shape index (κ3) is 5.51. The van der Waals surface area contributed by atoms with Gasteiger partial charge in [-0.05, 0) is 35.9 Å². The molecule has 7 nitrogen and oxygen atoms in total. The number of halogens is 2. The highest BCUT2D eigenvalue weighted by atomic mass is 35.5. The van der Waals surface area contributed by atoms with Crippen molar-refractivity contribution < 1.29 is 19.0 Å². The van der Waals surface area contributed by atoms with Gasteiger partial charge in [-0.25, -0.2) is 9.99 Å². The van der Waals surface area contributed by atoms with Crippen molar-refractivity contribution in [3.05, 3.63) is 63.1 Å². The first-order valence-electron chi connectivity index (χ1n) is 9.88. The van der Waals surface area contributed by atoms with Gasteiger partial charge in [0.1, 0.15) is 17.3 Å². The molecule has 0 atom stereocenters. The van der Waals surface area contributed by atoms with E-state index in [9.17, 15) is 4.79 Å². The van der Waals surface area contributed by atoms with Gasteiger partial charge >= 0.3 is 0 Å². The molecule has 32 heavy (non-hydrogen) atoms. The molecule has 1 amide bonds. The Labute approximate surface area is 199 Å². The summed E-state index contributed by atoms with van der Waals surface area (Å²) in [5.41, 5.74) is 4.96. The standard InChI is InChI=1S/C22H21Cl2N3O4S/c1-29-20-11-15(3-5-19(20)31-12-14-2-4-16(23)17(24)10-14)22-25-18(13-32-22)21(28)26-27-6-8-30-9-7-27/h2-5,10-11,13H,6-9,12H2,1H3,(H,26,28). The minimum Gasteiger partial charge on any atom is -0.493 e. The third-order valence-electron chi connectivity index (χ3n) is 4.80. The molecule has 1 fully saturated rings. The van der Waals surface area contributed by atoms with Crippen molar-refractivity contribution in [2.24, 2.45) is 0 Å². The average molecular weight is 494 g/mol. The number of hydrazine groups is 1. The van der Waals surface area contributed by atoms with E-state index in [2.05, 4.69) is 10.4 Å². The summed E-state index contributed by atoms with van der Waals surface area (Å²) in [7, 11) is 1.58. The van der Waals surface area contributed by atoms with Crippen LogP contribution in [0.5, 0.6) is 11.5 Å². The zero-order valence-electron chi connectivity index (χ0n) is 17.3. The van der Waals surface area contributed by atoms with E-state index in [1.165, 1.54) is 11.3 Å². The highest BCUT2D eigenvalue weighted by Crippen LogP contribution is 2.34. The SMILES string of the molecule is COc1cc(-c2nc(C(=O)NN3CCOCC3)cs2)ccc1OCc1ccc(Cl)c(Cl)c1. The monoisotopic (exact) mass is 493 g/mol. The van der Waals surface area contributed by atoms with Gasteiger partial charge in [0.05, 0.1) is 30.4 Å². The Morgan fingerprint density at radius 2 is 1.97 bits per heavy atom. The van der Waals surface area contributed by atoms with Crippen LogP contribution in [0.1, 0.15) is 16.1 Å². The van der Waals surface area contributed by atoms with Crippen LogP contribution in [-0.4, -0.2) is 49.3 Å². The number of nitrogens with one attached hydrogen (secondary N) is 1. The summed E-state index contributed by atoms with van der Waals surface area (Å²) in [6.07, 6.45) is 0. The van der Waals surface area contributed by atoms with E-state index < -0.39 is 0 Å². The number of nitrogens with zero attached hydrogens (tertiary/aromatic N) is 2. The molecule has 0 spiro atoms. The van der Waals surface area contributed by atoms with Gasteiger partial charge in [-0.3, -0.25) is 10.2 Å². The fraction of sp³-hybridized carbons (Fsp3) is 0.273. The zero-order chi connectivity index (χ0) is 22.5. The topological polar surface area (TPSA) is 72.9 Å². The molecule has 168 valence electrons. The highest BCUT2D eigenvalue weighted by molar-refractivity contribution is 7.13. The van der Waals surface area contributed by atoms with Crippen LogP contribution < -0.4 is 14.9 Å². The number of amides is 1. The van der Waals surface area contributed by atoms with E-state index in [0.29, 0.717) is 65.2 Å². The highest BCUT2D eigenvalue weighted by Gasteiger charge is 2.18. The lowest BCUT2D eigenvalue weighted by molar-refractivity contribution is 0.0125. The molecule has 1 aromatic heterocycles. The first kappa shape index (κ1) is 22.8. The Morgan fingerprint density at radius 3 is 2.72 bits per heavy atom. The first-order chi connectivity index (χ1) is 15.5. The van der Waals surface area contributed by atoms with Gasteiger partial charge in [0.15, 0.2) is 11.5 Å². The fourth-order valence-corrected chi connectivity index (χ4v) is 4.21. The zero-order valence-corrected chi connectivity index (χ0v) is 19.6. The molecule has 1 saturated heterocycles. The summed E-state index contributed by atoms with van der Waals surface area (Å²) >= 11 is 13.4.